The molecule has 4 aromatic rings. The predicted octanol–water partition coefficient (Wildman–Crippen LogP) is 4.09. The Bertz CT molecular complexity index is 1270. The van der Waals surface area contributed by atoms with Crippen molar-refractivity contribution in [2.45, 2.75) is 13.5 Å². The summed E-state index contributed by atoms with van der Waals surface area (Å²) in [6.45, 7) is 6.24. The van der Waals surface area contributed by atoms with Gasteiger partial charge in [-0.05, 0) is 42.8 Å². The molecule has 0 unspecified atom stereocenters. The molecule has 9 nitrogen and oxygen atoms in total. The lowest BCUT2D eigenvalue weighted by Crippen LogP contribution is -2.35. The molecule has 4 heterocycles. The molecule has 1 fully saturated rings. The largest absolute Gasteiger partial charge is 0.450 e. The zero-order valence-electron chi connectivity index (χ0n) is 19.0. The molecule has 0 bridgehead atoms. The van der Waals surface area contributed by atoms with E-state index in [1.54, 1.807) is 13.1 Å². The number of imidazole rings is 1. The first kappa shape index (κ1) is 22.0. The van der Waals surface area contributed by atoms with Crippen LogP contribution in [0.15, 0.2) is 54.9 Å². The highest BCUT2D eigenvalue weighted by Gasteiger charge is 2.16. The number of morpholine rings is 1. The van der Waals surface area contributed by atoms with E-state index < -0.39 is 6.09 Å². The van der Waals surface area contributed by atoms with Gasteiger partial charge in [0.25, 0.3) is 0 Å². The normalized spacial score (nSPS) is 14.3. The van der Waals surface area contributed by atoms with Crippen LogP contribution in [0, 0.1) is 0 Å². The summed E-state index contributed by atoms with van der Waals surface area (Å²) >= 11 is 0. The number of hydrogen-bond donors (Lipinski definition) is 2. The Balaban J connectivity index is 1.48. The third-order valence-corrected chi connectivity index (χ3v) is 5.67. The lowest BCUT2D eigenvalue weighted by atomic mass is 10.0. The fourth-order valence-electron chi connectivity index (χ4n) is 4.00. The van der Waals surface area contributed by atoms with Crippen molar-refractivity contribution >= 4 is 23.1 Å². The zero-order valence-corrected chi connectivity index (χ0v) is 19.0. The molecular weight excluding hydrogens is 432 g/mol. The van der Waals surface area contributed by atoms with E-state index in [2.05, 4.69) is 43.4 Å². The highest BCUT2D eigenvalue weighted by molar-refractivity contribution is 5.97. The van der Waals surface area contributed by atoms with Crippen molar-refractivity contribution in [3.8, 4) is 22.4 Å². The van der Waals surface area contributed by atoms with E-state index in [4.69, 9.17) is 14.5 Å². The number of carbonyl (C=O) groups is 1. The second-order valence-electron chi connectivity index (χ2n) is 7.99. The van der Waals surface area contributed by atoms with E-state index in [9.17, 15) is 4.79 Å². The van der Waals surface area contributed by atoms with Crippen LogP contribution < -0.4 is 5.32 Å². The molecule has 3 aromatic heterocycles. The van der Waals surface area contributed by atoms with Crippen molar-refractivity contribution in [1.29, 1.82) is 0 Å². The molecule has 0 saturated carbocycles. The molecule has 174 valence electrons. The summed E-state index contributed by atoms with van der Waals surface area (Å²) in [4.78, 5) is 31.2. The minimum Gasteiger partial charge on any atom is -0.450 e. The summed E-state index contributed by atoms with van der Waals surface area (Å²) in [5.41, 5.74) is 6.14. The number of benzene rings is 1. The van der Waals surface area contributed by atoms with Crippen LogP contribution in [0.4, 0.5) is 10.7 Å². The first-order valence-electron chi connectivity index (χ1n) is 11.3. The topological polar surface area (TPSA) is 105 Å². The van der Waals surface area contributed by atoms with Crippen molar-refractivity contribution in [2.24, 2.45) is 0 Å². The number of H-pyrrole nitrogens is 1. The van der Waals surface area contributed by atoms with Crippen LogP contribution in [-0.4, -0.2) is 63.8 Å². The van der Waals surface area contributed by atoms with Crippen molar-refractivity contribution in [3.63, 3.8) is 0 Å². The Morgan fingerprint density at radius 2 is 2.03 bits per heavy atom. The van der Waals surface area contributed by atoms with Crippen LogP contribution in [0.3, 0.4) is 0 Å². The molecule has 0 radical (unpaired) electrons. The highest BCUT2D eigenvalue weighted by Crippen LogP contribution is 2.33. The number of hydrogen-bond acceptors (Lipinski definition) is 7. The maximum Gasteiger partial charge on any atom is 0.413 e. The SMILES string of the molecule is CCOC(=O)Nc1nc2c(-c3ccccn3)cc(-c3ccc(CN4CCOCC4)nc3)cc2[nH]1. The maximum absolute atomic E-state index is 11.9. The van der Waals surface area contributed by atoms with Crippen molar-refractivity contribution in [1.82, 2.24) is 24.8 Å². The summed E-state index contributed by atoms with van der Waals surface area (Å²) in [6, 6.07) is 14.0. The van der Waals surface area contributed by atoms with Gasteiger partial charge in [-0.15, -0.1) is 0 Å². The van der Waals surface area contributed by atoms with Crippen LogP contribution in [0.5, 0.6) is 0 Å². The second-order valence-corrected chi connectivity index (χ2v) is 7.99. The van der Waals surface area contributed by atoms with Crippen LogP contribution >= 0.6 is 0 Å². The number of carbonyl (C=O) groups excluding carboxylic acids is 1. The van der Waals surface area contributed by atoms with Gasteiger partial charge in [-0.25, -0.2) is 9.78 Å². The average molecular weight is 459 g/mol. The number of fused-ring (bicyclic) bond motifs is 1. The smallest absolute Gasteiger partial charge is 0.413 e. The number of rotatable bonds is 6. The molecule has 1 aliphatic heterocycles. The number of aromatic amines is 1. The predicted molar refractivity (Wildman–Crippen MR) is 129 cm³/mol. The van der Waals surface area contributed by atoms with E-state index in [0.29, 0.717) is 11.5 Å². The molecule has 5 rings (SSSR count). The van der Waals surface area contributed by atoms with Gasteiger partial charge in [-0.1, -0.05) is 12.1 Å². The van der Waals surface area contributed by atoms with Crippen molar-refractivity contribution in [2.75, 3.05) is 38.2 Å². The van der Waals surface area contributed by atoms with E-state index in [1.807, 2.05) is 30.5 Å². The Kier molecular flexibility index (Phi) is 6.46. The third-order valence-electron chi connectivity index (χ3n) is 5.67. The van der Waals surface area contributed by atoms with E-state index in [1.165, 1.54) is 0 Å². The van der Waals surface area contributed by atoms with Gasteiger partial charge in [0.05, 0.1) is 42.2 Å². The third kappa shape index (κ3) is 4.90. The first-order valence-corrected chi connectivity index (χ1v) is 11.3. The van der Waals surface area contributed by atoms with Gasteiger partial charge in [-0.2, -0.15) is 0 Å². The summed E-state index contributed by atoms with van der Waals surface area (Å²) in [5.74, 6) is 0.321. The highest BCUT2D eigenvalue weighted by atomic mass is 16.5. The Morgan fingerprint density at radius 1 is 1.15 bits per heavy atom. The minimum atomic E-state index is -0.554. The Morgan fingerprint density at radius 3 is 2.76 bits per heavy atom. The number of nitrogens with one attached hydrogen (secondary N) is 2. The summed E-state index contributed by atoms with van der Waals surface area (Å²) < 4.78 is 10.4. The van der Waals surface area contributed by atoms with Gasteiger partial charge in [0.1, 0.15) is 0 Å². The molecule has 1 saturated heterocycles. The maximum atomic E-state index is 11.9. The fourth-order valence-corrected chi connectivity index (χ4v) is 4.00. The Hall–Kier alpha value is -3.82. The van der Waals surface area contributed by atoms with Crippen LogP contribution in [0.2, 0.25) is 0 Å². The number of amides is 1. The van der Waals surface area contributed by atoms with Gasteiger partial charge in [0.15, 0.2) is 0 Å². The second kappa shape index (κ2) is 9.98. The van der Waals surface area contributed by atoms with Crippen molar-refractivity contribution < 1.29 is 14.3 Å². The average Bonchev–Trinajstić information content (AvgIpc) is 3.27. The lowest BCUT2D eigenvalue weighted by molar-refractivity contribution is 0.0336. The molecule has 1 aliphatic rings. The fraction of sp³-hybridized carbons (Fsp3) is 0.280. The molecule has 1 amide bonds. The van der Waals surface area contributed by atoms with Crippen molar-refractivity contribution in [3.05, 3.63) is 60.6 Å². The molecule has 0 spiro atoms. The number of nitrogens with zero attached hydrogens (tertiary/aromatic N) is 4. The number of anilines is 1. The van der Waals surface area contributed by atoms with Crippen LogP contribution in [-0.2, 0) is 16.0 Å². The van der Waals surface area contributed by atoms with Gasteiger partial charge >= 0.3 is 6.09 Å². The summed E-state index contributed by atoms with van der Waals surface area (Å²) in [7, 11) is 0. The molecule has 1 aromatic carbocycles. The minimum absolute atomic E-state index is 0.282. The number of ether oxygens (including phenoxy) is 2. The zero-order chi connectivity index (χ0) is 23.3. The molecule has 34 heavy (non-hydrogen) atoms. The molecular formula is C25H26N6O3. The van der Waals surface area contributed by atoms with E-state index in [-0.39, 0.29) is 6.61 Å². The van der Waals surface area contributed by atoms with Gasteiger partial charge < -0.3 is 14.5 Å². The number of aromatic nitrogens is 4. The number of pyridine rings is 2. The van der Waals surface area contributed by atoms with Gasteiger partial charge in [0, 0.05) is 43.2 Å². The quantitative estimate of drug-likeness (QED) is 0.448. The molecule has 2 N–H and O–H groups in total. The van der Waals surface area contributed by atoms with Gasteiger partial charge in [-0.3, -0.25) is 20.2 Å². The van der Waals surface area contributed by atoms with Crippen LogP contribution in [0.25, 0.3) is 33.4 Å². The first-order chi connectivity index (χ1) is 16.7. The molecule has 0 aliphatic carbocycles. The summed E-state index contributed by atoms with van der Waals surface area (Å²) in [5, 5.41) is 2.64. The standard InChI is InChI=1S/C25H26N6O3/c1-2-34-25(32)30-24-28-22-14-18(13-20(23(22)29-24)21-5-3-4-8-26-21)17-6-7-19(27-15-17)16-31-9-11-33-12-10-31/h3-8,13-15H,2,9-12,16H2,1H3,(H2,28,29,30,32). The monoisotopic (exact) mass is 458 g/mol. The van der Waals surface area contributed by atoms with Gasteiger partial charge in [0.2, 0.25) is 5.95 Å². The molecule has 0 atom stereocenters. The van der Waals surface area contributed by atoms with Crippen LogP contribution in [0.1, 0.15) is 12.6 Å². The lowest BCUT2D eigenvalue weighted by Gasteiger charge is -2.26. The Labute approximate surface area is 197 Å². The summed E-state index contributed by atoms with van der Waals surface area (Å²) in [6.07, 6.45) is 3.09. The van der Waals surface area contributed by atoms with E-state index >= 15 is 0 Å². The molecule has 9 heteroatoms. The van der Waals surface area contributed by atoms with E-state index in [0.717, 1.165) is 66.4 Å².